The van der Waals surface area contributed by atoms with Crippen LogP contribution in [-0.2, 0) is 6.61 Å². The first-order valence-corrected chi connectivity index (χ1v) is 8.26. The minimum atomic E-state index is -0.144. The first-order valence-electron chi connectivity index (χ1n) is 8.26. The van der Waals surface area contributed by atoms with E-state index in [1.54, 1.807) is 6.20 Å². The quantitative estimate of drug-likeness (QED) is 0.914. The van der Waals surface area contributed by atoms with Gasteiger partial charge in [-0.1, -0.05) is 0 Å². The van der Waals surface area contributed by atoms with E-state index >= 15 is 0 Å². The third-order valence-corrected chi connectivity index (χ3v) is 4.28. The van der Waals surface area contributed by atoms with Crippen molar-refractivity contribution in [1.82, 2.24) is 19.9 Å². The highest BCUT2D eigenvalue weighted by atomic mass is 16.3. The number of hydrogen-bond acceptors (Lipinski definition) is 7. The maximum absolute atomic E-state index is 9.24. The van der Waals surface area contributed by atoms with Crippen molar-refractivity contribution in [3.63, 3.8) is 0 Å². The average molecular weight is 328 g/mol. The van der Waals surface area contributed by atoms with Crippen LogP contribution in [0, 0.1) is 13.8 Å². The van der Waals surface area contributed by atoms with Crippen LogP contribution in [0.4, 0.5) is 11.8 Å². The number of piperazine rings is 1. The number of hydrogen-bond donors (Lipinski definition) is 1. The zero-order valence-electron chi connectivity index (χ0n) is 14.6. The summed E-state index contributed by atoms with van der Waals surface area (Å²) in [6.07, 6.45) is 1.70. The smallest absolute Gasteiger partial charge is 0.226 e. The fourth-order valence-corrected chi connectivity index (χ4v) is 3.37. The lowest BCUT2D eigenvalue weighted by molar-refractivity contribution is 0.271. The predicted molar refractivity (Wildman–Crippen MR) is 93.1 cm³/mol. The molecule has 7 heteroatoms. The molecule has 1 fully saturated rings. The summed E-state index contributed by atoms with van der Waals surface area (Å²) < 4.78 is 0. The van der Waals surface area contributed by atoms with E-state index in [1.807, 2.05) is 26.0 Å². The Morgan fingerprint density at radius 2 is 1.71 bits per heavy atom. The van der Waals surface area contributed by atoms with Gasteiger partial charge in [0.2, 0.25) is 5.95 Å². The highest BCUT2D eigenvalue weighted by Gasteiger charge is 2.32. The van der Waals surface area contributed by atoms with Gasteiger partial charge in [-0.05, 0) is 39.8 Å². The van der Waals surface area contributed by atoms with Crippen molar-refractivity contribution in [1.29, 1.82) is 0 Å². The standard InChI is InChI=1S/C17H24N6O/c1-11-7-12(2)20-17(19-11)23-13(3)8-22(9-14(23)4)16-5-6-18-15(10-24)21-16/h5-7,13-14,24H,8-10H2,1-4H3. The highest BCUT2D eigenvalue weighted by Crippen LogP contribution is 2.24. The predicted octanol–water partition coefficient (Wildman–Crippen LogP) is 1.48. The molecule has 0 saturated carbocycles. The SMILES string of the molecule is Cc1cc(C)nc(N2C(C)CN(c3ccnc(CO)n3)CC2C)n1. The van der Waals surface area contributed by atoms with Gasteiger partial charge in [0.25, 0.3) is 0 Å². The molecule has 2 aromatic heterocycles. The van der Waals surface area contributed by atoms with Crippen LogP contribution in [0.15, 0.2) is 18.3 Å². The van der Waals surface area contributed by atoms with E-state index in [0.29, 0.717) is 5.82 Å². The lowest BCUT2D eigenvalue weighted by Gasteiger charge is -2.45. The summed E-state index contributed by atoms with van der Waals surface area (Å²) in [5.41, 5.74) is 1.98. The Morgan fingerprint density at radius 1 is 1.08 bits per heavy atom. The number of rotatable bonds is 3. The molecule has 1 N–H and O–H groups in total. The van der Waals surface area contributed by atoms with Crippen LogP contribution in [-0.4, -0.2) is 50.2 Å². The fourth-order valence-electron chi connectivity index (χ4n) is 3.37. The summed E-state index contributed by atoms with van der Waals surface area (Å²) >= 11 is 0. The molecule has 1 aliphatic rings. The molecule has 3 heterocycles. The Hall–Kier alpha value is -2.28. The molecule has 0 bridgehead atoms. The molecule has 7 nitrogen and oxygen atoms in total. The summed E-state index contributed by atoms with van der Waals surface area (Å²) in [7, 11) is 0. The highest BCUT2D eigenvalue weighted by molar-refractivity contribution is 5.45. The van der Waals surface area contributed by atoms with Crippen LogP contribution in [0.2, 0.25) is 0 Å². The molecule has 2 unspecified atom stereocenters. The number of aromatic nitrogens is 4. The summed E-state index contributed by atoms with van der Waals surface area (Å²) in [5.74, 6) is 2.10. The second-order valence-electron chi connectivity index (χ2n) is 6.45. The van der Waals surface area contributed by atoms with E-state index in [-0.39, 0.29) is 18.7 Å². The van der Waals surface area contributed by atoms with Crippen LogP contribution in [0.5, 0.6) is 0 Å². The Balaban J connectivity index is 1.83. The molecule has 0 aromatic carbocycles. The van der Waals surface area contributed by atoms with Crippen molar-refractivity contribution in [3.8, 4) is 0 Å². The van der Waals surface area contributed by atoms with Gasteiger partial charge in [0.05, 0.1) is 0 Å². The van der Waals surface area contributed by atoms with E-state index in [0.717, 1.165) is 36.2 Å². The molecule has 128 valence electrons. The molecule has 1 aliphatic heterocycles. The molecule has 0 spiro atoms. The van der Waals surface area contributed by atoms with Crippen molar-refractivity contribution < 1.29 is 5.11 Å². The molecule has 2 aromatic rings. The fraction of sp³-hybridized carbons (Fsp3) is 0.529. The maximum Gasteiger partial charge on any atom is 0.226 e. The van der Waals surface area contributed by atoms with Gasteiger partial charge in [0.1, 0.15) is 12.4 Å². The average Bonchev–Trinajstić information content (AvgIpc) is 2.53. The van der Waals surface area contributed by atoms with Gasteiger partial charge in [-0.25, -0.2) is 19.9 Å². The molecule has 0 radical (unpaired) electrons. The monoisotopic (exact) mass is 328 g/mol. The van der Waals surface area contributed by atoms with Gasteiger partial charge in [0, 0.05) is 42.8 Å². The van der Waals surface area contributed by atoms with Crippen molar-refractivity contribution in [2.24, 2.45) is 0 Å². The maximum atomic E-state index is 9.24. The summed E-state index contributed by atoms with van der Waals surface area (Å²) in [6.45, 7) is 9.86. The summed E-state index contributed by atoms with van der Waals surface area (Å²) in [6, 6.07) is 4.39. The molecule has 24 heavy (non-hydrogen) atoms. The van der Waals surface area contributed by atoms with Gasteiger partial charge in [0.15, 0.2) is 5.82 Å². The second kappa shape index (κ2) is 6.68. The molecular weight excluding hydrogens is 304 g/mol. The Kier molecular flexibility index (Phi) is 4.62. The van der Waals surface area contributed by atoms with Crippen LogP contribution in [0.1, 0.15) is 31.1 Å². The van der Waals surface area contributed by atoms with E-state index in [2.05, 4.69) is 43.6 Å². The van der Waals surface area contributed by atoms with E-state index in [9.17, 15) is 5.11 Å². The largest absolute Gasteiger partial charge is 0.388 e. The lowest BCUT2D eigenvalue weighted by atomic mass is 10.1. The van der Waals surface area contributed by atoms with Crippen LogP contribution in [0.25, 0.3) is 0 Å². The molecule has 0 aliphatic carbocycles. The van der Waals surface area contributed by atoms with Crippen LogP contribution >= 0.6 is 0 Å². The normalized spacial score (nSPS) is 21.2. The zero-order valence-corrected chi connectivity index (χ0v) is 14.6. The first kappa shape index (κ1) is 16.6. The van der Waals surface area contributed by atoms with Crippen molar-refractivity contribution in [2.75, 3.05) is 22.9 Å². The summed E-state index contributed by atoms with van der Waals surface area (Å²) in [5, 5.41) is 9.24. The minimum Gasteiger partial charge on any atom is -0.388 e. The zero-order chi connectivity index (χ0) is 17.3. The lowest BCUT2D eigenvalue weighted by Crippen LogP contribution is -2.58. The van der Waals surface area contributed by atoms with E-state index < -0.39 is 0 Å². The number of anilines is 2. The van der Waals surface area contributed by atoms with Gasteiger partial charge >= 0.3 is 0 Å². The number of aliphatic hydroxyl groups excluding tert-OH is 1. The first-order chi connectivity index (χ1) is 11.5. The third kappa shape index (κ3) is 3.31. The second-order valence-corrected chi connectivity index (χ2v) is 6.45. The third-order valence-electron chi connectivity index (χ3n) is 4.28. The molecule has 3 rings (SSSR count). The Bertz CT molecular complexity index is 690. The number of aliphatic hydroxyl groups is 1. The van der Waals surface area contributed by atoms with Crippen molar-refractivity contribution in [2.45, 2.75) is 46.4 Å². The molecular formula is C17H24N6O. The Labute approximate surface area is 142 Å². The summed E-state index contributed by atoms with van der Waals surface area (Å²) in [4.78, 5) is 22.2. The van der Waals surface area contributed by atoms with Crippen molar-refractivity contribution >= 4 is 11.8 Å². The van der Waals surface area contributed by atoms with E-state index in [1.165, 1.54) is 0 Å². The van der Waals surface area contributed by atoms with Gasteiger partial charge < -0.3 is 14.9 Å². The molecule has 0 amide bonds. The molecule has 2 atom stereocenters. The number of aryl methyl sites for hydroxylation is 2. The van der Waals surface area contributed by atoms with Crippen LogP contribution < -0.4 is 9.80 Å². The minimum absolute atomic E-state index is 0.144. The van der Waals surface area contributed by atoms with Crippen molar-refractivity contribution in [3.05, 3.63) is 35.5 Å². The van der Waals surface area contributed by atoms with Gasteiger partial charge in [-0.3, -0.25) is 0 Å². The van der Waals surface area contributed by atoms with Crippen LogP contribution in [0.3, 0.4) is 0 Å². The van der Waals surface area contributed by atoms with E-state index in [4.69, 9.17) is 0 Å². The molecule has 1 saturated heterocycles. The number of nitrogens with zero attached hydrogens (tertiary/aromatic N) is 6. The topological polar surface area (TPSA) is 78.3 Å². The van der Waals surface area contributed by atoms with Gasteiger partial charge in [-0.15, -0.1) is 0 Å². The van der Waals surface area contributed by atoms with Gasteiger partial charge in [-0.2, -0.15) is 0 Å². The Morgan fingerprint density at radius 3 is 2.29 bits per heavy atom.